The van der Waals surface area contributed by atoms with Crippen LogP contribution < -0.4 is 10.5 Å². The van der Waals surface area contributed by atoms with Crippen LogP contribution in [0.3, 0.4) is 0 Å². The number of benzene rings is 1. The molecule has 0 fully saturated rings. The molecule has 19 heavy (non-hydrogen) atoms. The quantitative estimate of drug-likeness (QED) is 0.894. The lowest BCUT2D eigenvalue weighted by Gasteiger charge is -2.20. The largest absolute Gasteiger partial charge is 0.496 e. The molecule has 1 atom stereocenters. The molecule has 0 bridgehead atoms. The topological polar surface area (TPSA) is 74.2 Å². The van der Waals surface area contributed by atoms with E-state index in [2.05, 4.69) is 17.1 Å². The van der Waals surface area contributed by atoms with Crippen molar-refractivity contribution in [2.75, 3.05) is 13.7 Å². The molecule has 2 rings (SSSR count). The van der Waals surface area contributed by atoms with Gasteiger partial charge in [0.15, 0.2) is 0 Å². The van der Waals surface area contributed by atoms with Gasteiger partial charge >= 0.3 is 0 Å². The molecule has 1 aromatic carbocycles. The fourth-order valence-electron chi connectivity index (χ4n) is 1.79. The van der Waals surface area contributed by atoms with Crippen molar-refractivity contribution >= 4 is 0 Å². The Labute approximate surface area is 112 Å². The number of nitrogens with zero attached hydrogens (tertiary/aromatic N) is 2. The molecule has 0 aliphatic rings. The number of methoxy groups -OCH3 is 1. The smallest absolute Gasteiger partial charge is 0.234 e. The van der Waals surface area contributed by atoms with E-state index in [0.717, 1.165) is 17.7 Å². The number of nitrogens with two attached hydrogens (primary N) is 1. The predicted octanol–water partition coefficient (Wildman–Crippen LogP) is 2.37. The van der Waals surface area contributed by atoms with Crippen LogP contribution in [0.15, 0.2) is 28.8 Å². The van der Waals surface area contributed by atoms with Gasteiger partial charge in [-0.2, -0.15) is 4.98 Å². The first-order valence-corrected chi connectivity index (χ1v) is 6.32. The second-order valence-electron chi connectivity index (χ2n) is 4.74. The maximum atomic E-state index is 5.80. The van der Waals surface area contributed by atoms with Crippen molar-refractivity contribution < 1.29 is 9.26 Å². The molecule has 1 aromatic heterocycles. The summed E-state index contributed by atoms with van der Waals surface area (Å²) in [6.07, 6.45) is 0.844. The molecule has 0 amide bonds. The van der Waals surface area contributed by atoms with E-state index in [1.54, 1.807) is 7.11 Å². The van der Waals surface area contributed by atoms with Crippen molar-refractivity contribution in [2.24, 2.45) is 5.73 Å². The van der Waals surface area contributed by atoms with E-state index in [0.29, 0.717) is 18.3 Å². The normalized spacial score (nSPS) is 14.1. The van der Waals surface area contributed by atoms with E-state index in [4.69, 9.17) is 15.0 Å². The lowest BCUT2D eigenvalue weighted by molar-refractivity contribution is 0.291. The van der Waals surface area contributed by atoms with Gasteiger partial charge in [0.05, 0.1) is 18.1 Å². The van der Waals surface area contributed by atoms with Gasteiger partial charge in [0, 0.05) is 6.54 Å². The van der Waals surface area contributed by atoms with Crippen LogP contribution in [0, 0.1) is 0 Å². The number of aromatic nitrogens is 2. The van der Waals surface area contributed by atoms with Crippen LogP contribution in [0.5, 0.6) is 5.75 Å². The molecule has 0 aliphatic heterocycles. The summed E-state index contributed by atoms with van der Waals surface area (Å²) in [5, 5.41) is 4.04. The fraction of sp³-hybridized carbons (Fsp3) is 0.429. The summed E-state index contributed by atoms with van der Waals surface area (Å²) < 4.78 is 10.7. The summed E-state index contributed by atoms with van der Waals surface area (Å²) in [7, 11) is 1.62. The third-order valence-electron chi connectivity index (χ3n) is 3.52. The minimum atomic E-state index is -0.284. The maximum absolute atomic E-state index is 5.80. The van der Waals surface area contributed by atoms with Gasteiger partial charge < -0.3 is 15.0 Å². The Morgan fingerprint density at radius 3 is 2.74 bits per heavy atom. The lowest BCUT2D eigenvalue weighted by atomic mass is 9.88. The van der Waals surface area contributed by atoms with Crippen LogP contribution in [-0.4, -0.2) is 23.8 Å². The van der Waals surface area contributed by atoms with E-state index in [9.17, 15) is 0 Å². The first-order valence-electron chi connectivity index (χ1n) is 6.32. The highest BCUT2D eigenvalue weighted by atomic mass is 16.5. The molecule has 0 saturated carbocycles. The van der Waals surface area contributed by atoms with Crippen molar-refractivity contribution in [2.45, 2.75) is 25.7 Å². The Kier molecular flexibility index (Phi) is 3.85. The number of ether oxygens (including phenoxy) is 1. The molecule has 0 saturated heterocycles. The van der Waals surface area contributed by atoms with Gasteiger partial charge in [-0.1, -0.05) is 24.2 Å². The second kappa shape index (κ2) is 5.40. The van der Waals surface area contributed by atoms with Crippen molar-refractivity contribution in [3.05, 3.63) is 30.2 Å². The van der Waals surface area contributed by atoms with Crippen LogP contribution in [0.25, 0.3) is 11.4 Å². The van der Waals surface area contributed by atoms with E-state index in [1.165, 1.54) is 0 Å². The van der Waals surface area contributed by atoms with Crippen LogP contribution in [-0.2, 0) is 5.41 Å². The third kappa shape index (κ3) is 2.46. The van der Waals surface area contributed by atoms with Gasteiger partial charge in [0.1, 0.15) is 5.75 Å². The highest BCUT2D eigenvalue weighted by Crippen LogP contribution is 2.30. The lowest BCUT2D eigenvalue weighted by Crippen LogP contribution is -2.31. The summed E-state index contributed by atoms with van der Waals surface area (Å²) in [6, 6.07) is 7.59. The minimum Gasteiger partial charge on any atom is -0.496 e. The van der Waals surface area contributed by atoms with Gasteiger partial charge in [-0.25, -0.2) is 0 Å². The van der Waals surface area contributed by atoms with Crippen LogP contribution >= 0.6 is 0 Å². The molecular weight excluding hydrogens is 242 g/mol. The highest BCUT2D eigenvalue weighted by Gasteiger charge is 2.30. The van der Waals surface area contributed by atoms with E-state index >= 15 is 0 Å². The number of rotatable bonds is 5. The molecule has 102 valence electrons. The second-order valence-corrected chi connectivity index (χ2v) is 4.74. The average molecular weight is 261 g/mol. The minimum absolute atomic E-state index is 0.284. The molecule has 5 heteroatoms. The zero-order chi connectivity index (χ0) is 13.9. The van der Waals surface area contributed by atoms with Gasteiger partial charge in [-0.3, -0.25) is 0 Å². The Balaban J connectivity index is 2.41. The molecule has 1 unspecified atom stereocenters. The summed E-state index contributed by atoms with van der Waals surface area (Å²) in [5.41, 5.74) is 6.33. The van der Waals surface area contributed by atoms with Crippen LogP contribution in [0.1, 0.15) is 26.2 Å². The molecular formula is C14H19N3O2. The Morgan fingerprint density at radius 1 is 1.37 bits per heavy atom. The Morgan fingerprint density at radius 2 is 2.11 bits per heavy atom. The zero-order valence-electron chi connectivity index (χ0n) is 11.5. The van der Waals surface area contributed by atoms with Gasteiger partial charge in [-0.15, -0.1) is 0 Å². The van der Waals surface area contributed by atoms with E-state index in [-0.39, 0.29) is 5.41 Å². The molecule has 0 spiro atoms. The predicted molar refractivity (Wildman–Crippen MR) is 73.0 cm³/mol. The molecule has 1 heterocycles. The standard InChI is InChI=1S/C14H19N3O2/c1-4-14(2,9-15)13-16-12(17-19-13)10-7-5-6-8-11(10)18-3/h5-8H,4,9,15H2,1-3H3. The third-order valence-corrected chi connectivity index (χ3v) is 3.52. The van der Waals surface area contributed by atoms with Gasteiger partial charge in [0.2, 0.25) is 11.7 Å². The average Bonchev–Trinajstić information content (AvgIpc) is 2.96. The first kappa shape index (κ1) is 13.5. The molecule has 5 nitrogen and oxygen atoms in total. The zero-order valence-corrected chi connectivity index (χ0v) is 11.5. The molecule has 0 aliphatic carbocycles. The van der Waals surface area contributed by atoms with Crippen LogP contribution in [0.4, 0.5) is 0 Å². The Hall–Kier alpha value is -1.88. The molecule has 0 radical (unpaired) electrons. The number of para-hydroxylation sites is 1. The van der Waals surface area contributed by atoms with Crippen molar-refractivity contribution in [1.82, 2.24) is 10.1 Å². The van der Waals surface area contributed by atoms with Crippen molar-refractivity contribution in [3.8, 4) is 17.1 Å². The number of hydrogen-bond donors (Lipinski definition) is 1. The van der Waals surface area contributed by atoms with Crippen LogP contribution in [0.2, 0.25) is 0 Å². The first-order chi connectivity index (χ1) is 9.14. The fourth-order valence-corrected chi connectivity index (χ4v) is 1.79. The summed E-state index contributed by atoms with van der Waals surface area (Å²) in [6.45, 7) is 4.55. The van der Waals surface area contributed by atoms with Gasteiger partial charge in [0.25, 0.3) is 0 Å². The van der Waals surface area contributed by atoms with E-state index in [1.807, 2.05) is 31.2 Å². The SMILES string of the molecule is CCC(C)(CN)c1nc(-c2ccccc2OC)no1. The highest BCUT2D eigenvalue weighted by molar-refractivity contribution is 5.63. The summed E-state index contributed by atoms with van der Waals surface area (Å²) in [4.78, 5) is 4.47. The van der Waals surface area contributed by atoms with Gasteiger partial charge in [-0.05, 0) is 25.5 Å². The monoisotopic (exact) mass is 261 g/mol. The van der Waals surface area contributed by atoms with Crippen molar-refractivity contribution in [3.63, 3.8) is 0 Å². The van der Waals surface area contributed by atoms with Crippen molar-refractivity contribution in [1.29, 1.82) is 0 Å². The summed E-state index contributed by atoms with van der Waals surface area (Å²) in [5.74, 6) is 1.82. The summed E-state index contributed by atoms with van der Waals surface area (Å²) >= 11 is 0. The molecule has 2 N–H and O–H groups in total. The number of hydrogen-bond acceptors (Lipinski definition) is 5. The van der Waals surface area contributed by atoms with E-state index < -0.39 is 0 Å². The Bertz CT molecular complexity index is 547. The maximum Gasteiger partial charge on any atom is 0.234 e. The molecule has 2 aromatic rings.